The van der Waals surface area contributed by atoms with Crippen molar-refractivity contribution in [1.82, 2.24) is 15.5 Å². The number of aromatic nitrogens is 2. The van der Waals surface area contributed by atoms with Crippen molar-refractivity contribution in [3.05, 3.63) is 82.2 Å². The average molecular weight is 396 g/mol. The number of nitrogens with one attached hydrogen (secondary N) is 1. The minimum absolute atomic E-state index is 0.155. The fourth-order valence-corrected chi connectivity index (χ4v) is 3.58. The van der Waals surface area contributed by atoms with Crippen LogP contribution in [0.15, 0.2) is 71.3 Å². The first-order chi connectivity index (χ1) is 13.2. The van der Waals surface area contributed by atoms with Gasteiger partial charge in [0.2, 0.25) is 5.82 Å². The van der Waals surface area contributed by atoms with Crippen molar-refractivity contribution >= 4 is 28.8 Å². The quantitative estimate of drug-likeness (QED) is 0.513. The van der Waals surface area contributed by atoms with Gasteiger partial charge in [0.1, 0.15) is 0 Å². The molecule has 27 heavy (non-hydrogen) atoms. The second-order valence-corrected chi connectivity index (χ2v) is 7.29. The van der Waals surface area contributed by atoms with E-state index in [0.29, 0.717) is 28.2 Å². The van der Waals surface area contributed by atoms with Crippen LogP contribution in [0.25, 0.3) is 22.2 Å². The summed E-state index contributed by atoms with van der Waals surface area (Å²) >= 11 is 7.28. The number of nitrogens with zero attached hydrogens (tertiary/aromatic N) is 2. The van der Waals surface area contributed by atoms with Gasteiger partial charge in [0.25, 0.3) is 11.8 Å². The van der Waals surface area contributed by atoms with E-state index in [9.17, 15) is 4.79 Å². The lowest BCUT2D eigenvalue weighted by molar-refractivity contribution is 0.0955. The molecule has 0 aliphatic rings. The Kier molecular flexibility index (Phi) is 5.00. The summed E-state index contributed by atoms with van der Waals surface area (Å²) in [5, 5.41) is 7.55. The minimum atomic E-state index is -0.155. The largest absolute Gasteiger partial charge is 0.347 e. The molecule has 4 rings (SSSR count). The van der Waals surface area contributed by atoms with Crippen molar-refractivity contribution in [2.45, 2.75) is 6.54 Å². The lowest BCUT2D eigenvalue weighted by atomic mass is 10.2. The Morgan fingerprint density at radius 1 is 1.07 bits per heavy atom. The molecule has 1 N–H and O–H groups in total. The van der Waals surface area contributed by atoms with Gasteiger partial charge in [-0.3, -0.25) is 4.79 Å². The van der Waals surface area contributed by atoms with E-state index in [4.69, 9.17) is 16.1 Å². The zero-order valence-electron chi connectivity index (χ0n) is 14.1. The Balaban J connectivity index is 1.45. The second kappa shape index (κ2) is 7.73. The van der Waals surface area contributed by atoms with Crippen LogP contribution >= 0.6 is 22.9 Å². The Morgan fingerprint density at radius 3 is 2.74 bits per heavy atom. The number of amides is 1. The molecule has 0 bridgehead atoms. The first-order valence-electron chi connectivity index (χ1n) is 8.21. The molecule has 0 spiro atoms. The van der Waals surface area contributed by atoms with Gasteiger partial charge >= 0.3 is 0 Å². The topological polar surface area (TPSA) is 68.0 Å². The van der Waals surface area contributed by atoms with E-state index in [1.54, 1.807) is 12.1 Å². The van der Waals surface area contributed by atoms with Crippen molar-refractivity contribution in [2.24, 2.45) is 0 Å². The third-order valence-corrected chi connectivity index (χ3v) is 5.15. The second-order valence-electron chi connectivity index (χ2n) is 5.77. The highest BCUT2D eigenvalue weighted by atomic mass is 35.5. The molecule has 7 heteroatoms. The molecule has 1 amide bonds. The molecule has 0 unspecified atom stereocenters. The van der Waals surface area contributed by atoms with Gasteiger partial charge < -0.3 is 9.84 Å². The maximum atomic E-state index is 12.4. The lowest BCUT2D eigenvalue weighted by Crippen LogP contribution is -2.21. The Bertz CT molecular complexity index is 1080. The third-order valence-electron chi connectivity index (χ3n) is 3.84. The van der Waals surface area contributed by atoms with Crippen molar-refractivity contribution in [3.8, 4) is 22.2 Å². The van der Waals surface area contributed by atoms with Gasteiger partial charge in [0.15, 0.2) is 0 Å². The molecule has 0 fully saturated rings. The summed E-state index contributed by atoms with van der Waals surface area (Å²) in [6.45, 7) is 0.410. The molecule has 0 saturated carbocycles. The highest BCUT2D eigenvalue weighted by molar-refractivity contribution is 7.17. The van der Waals surface area contributed by atoms with Crippen LogP contribution in [0, 0.1) is 0 Å². The summed E-state index contributed by atoms with van der Waals surface area (Å²) in [5.74, 6) is 0.761. The van der Waals surface area contributed by atoms with Gasteiger partial charge in [-0.15, -0.1) is 11.3 Å². The Morgan fingerprint density at radius 2 is 1.93 bits per heavy atom. The zero-order chi connectivity index (χ0) is 18.6. The van der Waals surface area contributed by atoms with Gasteiger partial charge in [-0.05, 0) is 42.0 Å². The van der Waals surface area contributed by atoms with Crippen LogP contribution in [-0.4, -0.2) is 16.0 Å². The van der Waals surface area contributed by atoms with E-state index in [1.807, 2.05) is 54.6 Å². The van der Waals surface area contributed by atoms with E-state index in [-0.39, 0.29) is 5.91 Å². The van der Waals surface area contributed by atoms with Gasteiger partial charge in [-0.2, -0.15) is 4.98 Å². The summed E-state index contributed by atoms with van der Waals surface area (Å²) < 4.78 is 5.32. The van der Waals surface area contributed by atoms with E-state index in [1.165, 1.54) is 11.3 Å². The maximum Gasteiger partial charge on any atom is 0.261 e. The number of carbonyl (C=O) groups excluding carboxylic acids is 1. The molecule has 134 valence electrons. The summed E-state index contributed by atoms with van der Waals surface area (Å²) in [7, 11) is 0. The van der Waals surface area contributed by atoms with Gasteiger partial charge in [0.05, 0.1) is 9.75 Å². The SMILES string of the molecule is O=C(NCc1cccc(Cl)c1)c1ccc(-c2noc(-c3ccccc3)n2)s1. The molecule has 0 radical (unpaired) electrons. The fraction of sp³-hybridized carbons (Fsp3) is 0.0500. The number of benzene rings is 2. The number of hydrogen-bond donors (Lipinski definition) is 1. The zero-order valence-corrected chi connectivity index (χ0v) is 15.6. The maximum absolute atomic E-state index is 12.4. The number of hydrogen-bond acceptors (Lipinski definition) is 5. The Labute approximate surface area is 164 Å². The molecular weight excluding hydrogens is 382 g/mol. The van der Waals surface area contributed by atoms with Crippen LogP contribution in [-0.2, 0) is 6.54 Å². The van der Waals surface area contributed by atoms with Crippen molar-refractivity contribution in [3.63, 3.8) is 0 Å². The van der Waals surface area contributed by atoms with Crippen LogP contribution in [0.3, 0.4) is 0 Å². The number of thiophene rings is 1. The summed E-state index contributed by atoms with van der Waals surface area (Å²) in [6.07, 6.45) is 0. The lowest BCUT2D eigenvalue weighted by Gasteiger charge is -2.04. The van der Waals surface area contributed by atoms with Crippen LogP contribution < -0.4 is 5.32 Å². The molecule has 2 aromatic carbocycles. The van der Waals surface area contributed by atoms with E-state index in [2.05, 4.69) is 15.5 Å². The van der Waals surface area contributed by atoms with Crippen LogP contribution in [0.5, 0.6) is 0 Å². The molecule has 2 aromatic heterocycles. The third kappa shape index (κ3) is 4.07. The average Bonchev–Trinajstić information content (AvgIpc) is 3.36. The monoisotopic (exact) mass is 395 g/mol. The summed E-state index contributed by atoms with van der Waals surface area (Å²) in [5.41, 5.74) is 1.80. The minimum Gasteiger partial charge on any atom is -0.347 e. The smallest absolute Gasteiger partial charge is 0.261 e. The molecule has 4 aromatic rings. The predicted molar refractivity (Wildman–Crippen MR) is 106 cm³/mol. The predicted octanol–water partition coefficient (Wildman–Crippen LogP) is 5.05. The standard InChI is InChI=1S/C20H14ClN3O2S/c21-15-8-4-5-13(11-15)12-22-19(25)17-10-9-16(27-17)18-23-20(26-24-18)14-6-2-1-3-7-14/h1-11H,12H2,(H,22,25). The van der Waals surface area contributed by atoms with Crippen molar-refractivity contribution in [1.29, 1.82) is 0 Å². The molecule has 0 aliphatic carbocycles. The first-order valence-corrected chi connectivity index (χ1v) is 9.40. The molecule has 5 nitrogen and oxygen atoms in total. The summed E-state index contributed by atoms with van der Waals surface area (Å²) in [4.78, 5) is 18.1. The number of halogens is 1. The van der Waals surface area contributed by atoms with Crippen LogP contribution in [0.2, 0.25) is 5.02 Å². The highest BCUT2D eigenvalue weighted by Crippen LogP contribution is 2.28. The van der Waals surface area contributed by atoms with Gasteiger partial charge in [-0.1, -0.05) is 47.1 Å². The molecule has 2 heterocycles. The van der Waals surface area contributed by atoms with Crippen LogP contribution in [0.1, 0.15) is 15.2 Å². The van der Waals surface area contributed by atoms with Crippen molar-refractivity contribution in [2.75, 3.05) is 0 Å². The van der Waals surface area contributed by atoms with Gasteiger partial charge in [0, 0.05) is 17.1 Å². The fourth-order valence-electron chi connectivity index (χ4n) is 2.52. The molecule has 0 aliphatic heterocycles. The first kappa shape index (κ1) is 17.5. The highest BCUT2D eigenvalue weighted by Gasteiger charge is 2.15. The van der Waals surface area contributed by atoms with Gasteiger partial charge in [-0.25, -0.2) is 0 Å². The molecule has 0 saturated heterocycles. The van der Waals surface area contributed by atoms with Crippen molar-refractivity contribution < 1.29 is 9.32 Å². The molecular formula is C20H14ClN3O2S. The van der Waals surface area contributed by atoms with Crippen LogP contribution in [0.4, 0.5) is 0 Å². The number of carbonyl (C=O) groups is 1. The van der Waals surface area contributed by atoms with E-state index < -0.39 is 0 Å². The van der Waals surface area contributed by atoms with E-state index >= 15 is 0 Å². The Hall–Kier alpha value is -2.96. The number of rotatable bonds is 5. The normalized spacial score (nSPS) is 10.7. The molecule has 0 atom stereocenters. The van der Waals surface area contributed by atoms with E-state index in [0.717, 1.165) is 16.0 Å². The summed E-state index contributed by atoms with van der Waals surface area (Å²) in [6, 6.07) is 20.5.